The quantitative estimate of drug-likeness (QED) is 0.644. The largest absolute Gasteiger partial charge is 0.351 e. The molecule has 17 heavy (non-hydrogen) atoms. The van der Waals surface area contributed by atoms with Crippen LogP contribution in [0.2, 0.25) is 0 Å². The number of hydrogen-bond donors (Lipinski definition) is 2. The summed E-state index contributed by atoms with van der Waals surface area (Å²) in [7, 11) is 0. The lowest BCUT2D eigenvalue weighted by molar-refractivity contribution is -0.126. The second-order valence-electron chi connectivity index (χ2n) is 4.59. The predicted molar refractivity (Wildman–Crippen MR) is 70.9 cm³/mol. The van der Waals surface area contributed by atoms with Crippen LogP contribution in [-0.2, 0) is 4.79 Å². The van der Waals surface area contributed by atoms with E-state index in [0.29, 0.717) is 12.6 Å². The Labute approximate surface area is 104 Å². The molecule has 0 spiro atoms. The van der Waals surface area contributed by atoms with Gasteiger partial charge in [0.05, 0.1) is 6.04 Å². The summed E-state index contributed by atoms with van der Waals surface area (Å²) in [5.74, 6) is 0.102. The zero-order valence-corrected chi connectivity index (χ0v) is 11.0. The van der Waals surface area contributed by atoms with Crippen molar-refractivity contribution < 1.29 is 4.79 Å². The van der Waals surface area contributed by atoms with Crippen molar-refractivity contribution in [3.05, 3.63) is 12.7 Å². The van der Waals surface area contributed by atoms with Gasteiger partial charge in [-0.05, 0) is 32.9 Å². The molecule has 1 saturated heterocycles. The summed E-state index contributed by atoms with van der Waals surface area (Å²) in [5.41, 5.74) is 0. The van der Waals surface area contributed by atoms with Crippen molar-refractivity contribution in [1.29, 1.82) is 0 Å². The Morgan fingerprint density at radius 1 is 1.71 bits per heavy atom. The second-order valence-corrected chi connectivity index (χ2v) is 4.59. The number of nitrogens with one attached hydrogen (secondary N) is 2. The Bertz CT molecular complexity index is 249. The third-order valence-corrected chi connectivity index (χ3v) is 3.28. The molecular weight excluding hydrogens is 214 g/mol. The third kappa shape index (κ3) is 4.13. The van der Waals surface area contributed by atoms with Gasteiger partial charge in [-0.2, -0.15) is 0 Å². The van der Waals surface area contributed by atoms with Crippen LogP contribution in [0.1, 0.15) is 26.7 Å². The first-order chi connectivity index (χ1) is 8.20. The van der Waals surface area contributed by atoms with E-state index in [9.17, 15) is 4.79 Å². The molecule has 1 rings (SSSR count). The molecule has 4 nitrogen and oxygen atoms in total. The van der Waals surface area contributed by atoms with Gasteiger partial charge in [-0.3, -0.25) is 9.69 Å². The summed E-state index contributed by atoms with van der Waals surface area (Å²) in [6.07, 6.45) is 3.93. The summed E-state index contributed by atoms with van der Waals surface area (Å²) in [6.45, 7) is 11.4. The fourth-order valence-electron chi connectivity index (χ4n) is 2.34. The maximum absolute atomic E-state index is 12.0. The highest BCUT2D eigenvalue weighted by Gasteiger charge is 2.28. The van der Waals surface area contributed by atoms with E-state index in [0.717, 1.165) is 32.5 Å². The molecule has 2 N–H and O–H groups in total. The minimum atomic E-state index is -0.0557. The average molecular weight is 239 g/mol. The molecule has 98 valence electrons. The number of nitrogens with zero attached hydrogens (tertiary/aromatic N) is 1. The molecule has 0 bridgehead atoms. The van der Waals surface area contributed by atoms with Gasteiger partial charge in [-0.1, -0.05) is 13.0 Å². The van der Waals surface area contributed by atoms with E-state index in [1.165, 1.54) is 0 Å². The molecule has 1 amide bonds. The van der Waals surface area contributed by atoms with Gasteiger partial charge in [0.2, 0.25) is 5.91 Å². The van der Waals surface area contributed by atoms with Crippen LogP contribution < -0.4 is 10.6 Å². The third-order valence-electron chi connectivity index (χ3n) is 3.28. The maximum atomic E-state index is 12.0. The van der Waals surface area contributed by atoms with Crippen molar-refractivity contribution in [1.82, 2.24) is 15.5 Å². The fraction of sp³-hybridized carbons (Fsp3) is 0.769. The molecule has 1 aliphatic heterocycles. The summed E-state index contributed by atoms with van der Waals surface area (Å²) in [5, 5.41) is 6.23. The second kappa shape index (κ2) is 7.45. The molecular formula is C13H25N3O. The van der Waals surface area contributed by atoms with E-state index in [4.69, 9.17) is 0 Å². The highest BCUT2D eigenvalue weighted by molar-refractivity contribution is 5.81. The predicted octanol–water partition coefficient (Wildman–Crippen LogP) is 0.751. The van der Waals surface area contributed by atoms with Crippen LogP contribution in [-0.4, -0.2) is 49.1 Å². The first-order valence-electron chi connectivity index (χ1n) is 6.55. The number of carbonyl (C=O) groups is 1. The first kappa shape index (κ1) is 14.2. The minimum absolute atomic E-state index is 0.0557. The van der Waals surface area contributed by atoms with Gasteiger partial charge in [0.25, 0.3) is 0 Å². The lowest BCUT2D eigenvalue weighted by Crippen LogP contribution is -2.50. The lowest BCUT2D eigenvalue weighted by Gasteiger charge is -2.32. The Hall–Kier alpha value is -0.870. The molecule has 1 fully saturated rings. The van der Waals surface area contributed by atoms with Gasteiger partial charge >= 0.3 is 0 Å². The topological polar surface area (TPSA) is 44.4 Å². The highest BCUT2D eigenvalue weighted by Crippen LogP contribution is 2.13. The van der Waals surface area contributed by atoms with Gasteiger partial charge in [-0.25, -0.2) is 0 Å². The molecule has 1 aliphatic rings. The van der Waals surface area contributed by atoms with E-state index in [1.54, 1.807) is 6.08 Å². The Morgan fingerprint density at radius 2 is 2.47 bits per heavy atom. The molecule has 0 saturated carbocycles. The highest BCUT2D eigenvalue weighted by atomic mass is 16.2. The number of amides is 1. The number of carbonyl (C=O) groups excluding carboxylic acids is 1. The van der Waals surface area contributed by atoms with Crippen LogP contribution >= 0.6 is 0 Å². The summed E-state index contributed by atoms with van der Waals surface area (Å²) < 4.78 is 0. The molecule has 0 aliphatic carbocycles. The van der Waals surface area contributed by atoms with Crippen LogP contribution in [0.25, 0.3) is 0 Å². The summed E-state index contributed by atoms with van der Waals surface area (Å²) >= 11 is 0. The molecule has 0 aromatic carbocycles. The molecule has 1 heterocycles. The Morgan fingerprint density at radius 3 is 3.00 bits per heavy atom. The Kier molecular flexibility index (Phi) is 6.22. The van der Waals surface area contributed by atoms with Crippen molar-refractivity contribution in [3.8, 4) is 0 Å². The van der Waals surface area contributed by atoms with E-state index < -0.39 is 0 Å². The SMILES string of the molecule is C=CCNC(=O)C(C)N(CCC)C1CCNC1. The van der Waals surface area contributed by atoms with Crippen LogP contribution in [0.5, 0.6) is 0 Å². The van der Waals surface area contributed by atoms with Crippen LogP contribution in [0.4, 0.5) is 0 Å². The first-order valence-corrected chi connectivity index (χ1v) is 6.55. The van der Waals surface area contributed by atoms with Crippen LogP contribution in [0.15, 0.2) is 12.7 Å². The van der Waals surface area contributed by atoms with Crippen molar-refractivity contribution in [2.24, 2.45) is 0 Å². The van der Waals surface area contributed by atoms with Crippen LogP contribution in [0.3, 0.4) is 0 Å². The standard InChI is InChI=1S/C13H25N3O/c1-4-7-15-13(17)11(3)16(9-5-2)12-6-8-14-10-12/h4,11-12,14H,1,5-10H2,2-3H3,(H,15,17). The van der Waals surface area contributed by atoms with Gasteiger partial charge in [0.15, 0.2) is 0 Å². The molecule has 0 radical (unpaired) electrons. The molecule has 2 unspecified atom stereocenters. The van der Waals surface area contributed by atoms with Gasteiger partial charge < -0.3 is 10.6 Å². The molecule has 2 atom stereocenters. The number of rotatable bonds is 7. The van der Waals surface area contributed by atoms with Gasteiger partial charge in [0, 0.05) is 19.1 Å². The minimum Gasteiger partial charge on any atom is -0.351 e. The molecule has 4 heteroatoms. The van der Waals surface area contributed by atoms with Crippen LogP contribution in [0, 0.1) is 0 Å². The van der Waals surface area contributed by atoms with Crippen molar-refractivity contribution in [2.75, 3.05) is 26.2 Å². The van der Waals surface area contributed by atoms with E-state index in [-0.39, 0.29) is 11.9 Å². The smallest absolute Gasteiger partial charge is 0.237 e. The maximum Gasteiger partial charge on any atom is 0.237 e. The van der Waals surface area contributed by atoms with Crippen molar-refractivity contribution >= 4 is 5.91 Å². The van der Waals surface area contributed by atoms with Gasteiger partial charge in [-0.15, -0.1) is 6.58 Å². The Balaban J connectivity index is 2.55. The van der Waals surface area contributed by atoms with Crippen molar-refractivity contribution in [2.45, 2.75) is 38.8 Å². The van der Waals surface area contributed by atoms with E-state index in [1.807, 2.05) is 6.92 Å². The summed E-state index contributed by atoms with van der Waals surface area (Å²) in [6, 6.07) is 0.444. The average Bonchev–Trinajstić information content (AvgIpc) is 2.85. The van der Waals surface area contributed by atoms with Crippen molar-refractivity contribution in [3.63, 3.8) is 0 Å². The van der Waals surface area contributed by atoms with E-state index >= 15 is 0 Å². The monoisotopic (exact) mass is 239 g/mol. The number of hydrogen-bond acceptors (Lipinski definition) is 3. The molecule has 0 aromatic heterocycles. The molecule has 0 aromatic rings. The summed E-state index contributed by atoms with van der Waals surface area (Å²) in [4.78, 5) is 14.3. The normalized spacial score (nSPS) is 21.5. The zero-order chi connectivity index (χ0) is 12.7. The van der Waals surface area contributed by atoms with E-state index in [2.05, 4.69) is 29.0 Å². The fourth-order valence-corrected chi connectivity index (χ4v) is 2.34. The zero-order valence-electron chi connectivity index (χ0n) is 11.0. The lowest BCUT2D eigenvalue weighted by atomic mass is 10.1. The van der Waals surface area contributed by atoms with Gasteiger partial charge in [0.1, 0.15) is 0 Å².